The Balaban J connectivity index is 1.92. The molecule has 4 heterocycles. The van der Waals surface area contributed by atoms with Crippen LogP contribution in [0.3, 0.4) is 0 Å². The molecule has 51 heavy (non-hydrogen) atoms. The van der Waals surface area contributed by atoms with Gasteiger partial charge in [0, 0.05) is 18.3 Å². The zero-order chi connectivity index (χ0) is 37.6. The predicted molar refractivity (Wildman–Crippen MR) is 203 cm³/mol. The van der Waals surface area contributed by atoms with Gasteiger partial charge in [0.25, 0.3) is 0 Å². The lowest BCUT2D eigenvalue weighted by molar-refractivity contribution is 0.0215. The van der Waals surface area contributed by atoms with Gasteiger partial charge < -0.3 is 28.5 Å². The Labute approximate surface area is 303 Å². The Bertz CT molecular complexity index is 1860. The smallest absolute Gasteiger partial charge is 0.420 e. The van der Waals surface area contributed by atoms with Crippen LogP contribution >= 0.6 is 0 Å². The van der Waals surface area contributed by atoms with Crippen LogP contribution in [-0.2, 0) is 9.16 Å². The number of ether oxygens (including phenoxy) is 2. The molecule has 4 aromatic rings. The third-order valence-electron chi connectivity index (χ3n) is 9.05. The van der Waals surface area contributed by atoms with Crippen molar-refractivity contribution in [1.82, 2.24) is 24.1 Å². The number of hydrogen-bond acceptors (Lipinski definition) is 7. The number of hydrogen-bond donors (Lipinski definition) is 1. The lowest BCUT2D eigenvalue weighted by Gasteiger charge is -2.48. The summed E-state index contributed by atoms with van der Waals surface area (Å²) in [5.41, 5.74) is 1.09. The normalized spacial score (nSPS) is 18.0. The number of carbonyl (C=O) groups is 2. The van der Waals surface area contributed by atoms with Crippen molar-refractivity contribution >= 4 is 49.4 Å². The van der Waals surface area contributed by atoms with Crippen LogP contribution in [0.2, 0.25) is 13.1 Å². The van der Waals surface area contributed by atoms with Crippen molar-refractivity contribution in [3.8, 4) is 5.75 Å². The standard InChI is InChI=1S/C38H56N6O6Si/c1-13-48-25-18-16-24(17-19-25)42(35(47)49-38(8,9)10)33-26-23-28(31(37(5,6)7)50-51(11)12)43(32(26)40-29-20-21-39-44(29)33)27-15-14-22-41(34(45)46)30(27)36(2,3)4/h16-21,23,27,30-31,51H,13-15,22H2,1-12H3,(H,45,46)/t27?,30-,31?/m1/s1. The Hall–Kier alpha value is -4.10. The molecule has 0 spiro atoms. The number of carboxylic acid groups (broad SMARTS) is 1. The Kier molecular flexibility index (Phi) is 10.6. The molecule has 1 N–H and O–H groups in total. The average molecular weight is 721 g/mol. The third kappa shape index (κ3) is 7.89. The SMILES string of the molecule is CCOc1ccc(N(C(=O)OC(C)(C)C)c2c3cc(C(O[SiH](C)C)C(C)(C)C)n(C4CCCN(C(=O)O)[C@H]4C(C)(C)C)c3nc3ccnn23)cc1. The number of carbonyl (C=O) groups excluding carboxylic acids is 1. The number of fused-ring (bicyclic) bond motifs is 2. The minimum Gasteiger partial charge on any atom is -0.494 e. The minimum atomic E-state index is -1.60. The Morgan fingerprint density at radius 2 is 1.71 bits per heavy atom. The van der Waals surface area contributed by atoms with Crippen LogP contribution in [0.5, 0.6) is 5.75 Å². The first kappa shape index (κ1) is 38.1. The van der Waals surface area contributed by atoms with E-state index in [1.54, 1.807) is 20.5 Å². The summed E-state index contributed by atoms with van der Waals surface area (Å²) in [5.74, 6) is 1.14. The highest BCUT2D eigenvalue weighted by Crippen LogP contribution is 2.47. The molecule has 2 unspecified atom stereocenters. The van der Waals surface area contributed by atoms with Gasteiger partial charge >= 0.3 is 12.2 Å². The lowest BCUT2D eigenvalue weighted by atomic mass is 9.77. The summed E-state index contributed by atoms with van der Waals surface area (Å²) >= 11 is 0. The van der Waals surface area contributed by atoms with Gasteiger partial charge in [-0.3, -0.25) is 0 Å². The van der Waals surface area contributed by atoms with E-state index in [1.807, 2.05) is 58.0 Å². The molecule has 0 saturated carbocycles. The first-order chi connectivity index (χ1) is 23.7. The van der Waals surface area contributed by atoms with Crippen molar-refractivity contribution in [3.63, 3.8) is 0 Å². The average Bonchev–Trinajstić information content (AvgIpc) is 3.63. The molecule has 0 aliphatic carbocycles. The van der Waals surface area contributed by atoms with Crippen LogP contribution in [0.4, 0.5) is 21.1 Å². The fourth-order valence-corrected chi connectivity index (χ4v) is 8.41. The highest BCUT2D eigenvalue weighted by Gasteiger charge is 2.46. The zero-order valence-corrected chi connectivity index (χ0v) is 33.5. The summed E-state index contributed by atoms with van der Waals surface area (Å²) in [4.78, 5) is 35.6. The monoisotopic (exact) mass is 720 g/mol. The third-order valence-corrected chi connectivity index (χ3v) is 9.86. The molecule has 1 aromatic carbocycles. The quantitative estimate of drug-likeness (QED) is 0.179. The summed E-state index contributed by atoms with van der Waals surface area (Å²) < 4.78 is 22.6. The van der Waals surface area contributed by atoms with Gasteiger partial charge in [-0.05, 0) is 94.8 Å². The summed E-state index contributed by atoms with van der Waals surface area (Å²) in [6, 6.07) is 10.6. The van der Waals surface area contributed by atoms with Crippen molar-refractivity contribution < 1.29 is 28.6 Å². The van der Waals surface area contributed by atoms with E-state index in [9.17, 15) is 14.7 Å². The number of likely N-dealkylation sites (tertiary alicyclic amines) is 1. The maximum absolute atomic E-state index is 14.4. The van der Waals surface area contributed by atoms with E-state index in [-0.39, 0.29) is 23.6 Å². The Morgan fingerprint density at radius 3 is 2.25 bits per heavy atom. The molecule has 1 saturated heterocycles. The molecule has 3 atom stereocenters. The number of aromatic nitrogens is 4. The second-order valence-electron chi connectivity index (χ2n) is 16.9. The van der Waals surface area contributed by atoms with E-state index in [1.165, 1.54) is 0 Å². The van der Waals surface area contributed by atoms with E-state index in [0.717, 1.165) is 12.1 Å². The van der Waals surface area contributed by atoms with Crippen molar-refractivity contribution in [2.45, 2.75) is 119 Å². The first-order valence-electron chi connectivity index (χ1n) is 18.0. The van der Waals surface area contributed by atoms with E-state index in [4.69, 9.17) is 18.9 Å². The number of rotatable bonds is 8. The molecule has 1 aliphatic rings. The first-order valence-corrected chi connectivity index (χ1v) is 20.8. The molecule has 0 bridgehead atoms. The van der Waals surface area contributed by atoms with Crippen LogP contribution in [0.15, 0.2) is 42.6 Å². The summed E-state index contributed by atoms with van der Waals surface area (Å²) in [6.07, 6.45) is 1.24. The van der Waals surface area contributed by atoms with Gasteiger partial charge in [-0.2, -0.15) is 9.61 Å². The molecule has 0 radical (unpaired) electrons. The molecule has 3 aromatic heterocycles. The number of anilines is 2. The summed E-state index contributed by atoms with van der Waals surface area (Å²) in [6.45, 7) is 25.5. The van der Waals surface area contributed by atoms with Crippen LogP contribution < -0.4 is 9.64 Å². The fourth-order valence-electron chi connectivity index (χ4n) is 7.32. The minimum absolute atomic E-state index is 0.268. The van der Waals surface area contributed by atoms with Crippen LogP contribution in [0.1, 0.15) is 99.9 Å². The van der Waals surface area contributed by atoms with E-state index < -0.39 is 32.2 Å². The number of piperidine rings is 1. The number of nitrogens with zero attached hydrogens (tertiary/aromatic N) is 6. The summed E-state index contributed by atoms with van der Waals surface area (Å²) in [7, 11) is -1.60. The molecule has 5 rings (SSSR count). The second-order valence-corrected chi connectivity index (χ2v) is 19.3. The molecule has 12 nitrogen and oxygen atoms in total. The van der Waals surface area contributed by atoms with Crippen LogP contribution in [-0.4, -0.2) is 75.2 Å². The predicted octanol–water partition coefficient (Wildman–Crippen LogP) is 8.97. The molecule has 1 aliphatic heterocycles. The summed E-state index contributed by atoms with van der Waals surface area (Å²) in [5, 5.41) is 15.8. The van der Waals surface area contributed by atoms with Gasteiger partial charge in [0.2, 0.25) is 0 Å². The fraction of sp³-hybridized carbons (Fsp3) is 0.579. The van der Waals surface area contributed by atoms with E-state index in [2.05, 4.69) is 70.4 Å². The largest absolute Gasteiger partial charge is 0.494 e. The Morgan fingerprint density at radius 1 is 1.04 bits per heavy atom. The van der Waals surface area contributed by atoms with E-state index in [0.29, 0.717) is 53.5 Å². The van der Waals surface area contributed by atoms with Crippen LogP contribution in [0.25, 0.3) is 16.7 Å². The maximum Gasteiger partial charge on any atom is 0.420 e. The highest BCUT2D eigenvalue weighted by atomic mass is 28.3. The number of benzene rings is 1. The van der Waals surface area contributed by atoms with Crippen molar-refractivity contribution in [2.75, 3.05) is 18.1 Å². The van der Waals surface area contributed by atoms with Gasteiger partial charge in [-0.15, -0.1) is 0 Å². The van der Waals surface area contributed by atoms with Crippen molar-refractivity contribution in [2.24, 2.45) is 10.8 Å². The van der Waals surface area contributed by atoms with Gasteiger partial charge in [0.05, 0.1) is 42.1 Å². The van der Waals surface area contributed by atoms with Gasteiger partial charge in [0.1, 0.15) is 17.0 Å². The highest BCUT2D eigenvalue weighted by molar-refractivity contribution is 6.48. The second kappa shape index (κ2) is 14.1. The lowest BCUT2D eigenvalue weighted by Crippen LogP contribution is -2.55. The van der Waals surface area contributed by atoms with Crippen molar-refractivity contribution in [1.29, 1.82) is 0 Å². The topological polar surface area (TPSA) is 124 Å². The molecule has 1 fully saturated rings. The zero-order valence-electron chi connectivity index (χ0n) is 32.4. The molecule has 2 amide bonds. The van der Waals surface area contributed by atoms with Crippen LogP contribution in [0, 0.1) is 10.8 Å². The van der Waals surface area contributed by atoms with Crippen molar-refractivity contribution in [3.05, 3.63) is 48.3 Å². The molecule has 13 heteroatoms. The molecular formula is C38H56N6O6Si. The van der Waals surface area contributed by atoms with E-state index >= 15 is 0 Å². The molecular weight excluding hydrogens is 665 g/mol. The number of amides is 2. The maximum atomic E-state index is 14.4. The van der Waals surface area contributed by atoms with Gasteiger partial charge in [-0.1, -0.05) is 41.5 Å². The van der Waals surface area contributed by atoms with Gasteiger partial charge in [-0.25, -0.2) is 19.5 Å². The van der Waals surface area contributed by atoms with Gasteiger partial charge in [0.15, 0.2) is 20.5 Å². The molecule has 278 valence electrons.